The molecule has 1 aliphatic carbocycles. The normalized spacial score (nSPS) is 24.9. The van der Waals surface area contributed by atoms with Gasteiger partial charge in [0.15, 0.2) is 5.78 Å². The van der Waals surface area contributed by atoms with Gasteiger partial charge in [0.2, 0.25) is 0 Å². The summed E-state index contributed by atoms with van der Waals surface area (Å²) < 4.78 is 0. The van der Waals surface area contributed by atoms with Crippen molar-refractivity contribution in [3.8, 4) is 0 Å². The van der Waals surface area contributed by atoms with Gasteiger partial charge in [0.05, 0.1) is 0 Å². The van der Waals surface area contributed by atoms with E-state index in [1.54, 1.807) is 0 Å². The van der Waals surface area contributed by atoms with Crippen molar-refractivity contribution in [2.24, 2.45) is 5.41 Å². The largest absolute Gasteiger partial charge is 0.383 e. The first-order valence-electron chi connectivity index (χ1n) is 4.81. The highest BCUT2D eigenvalue weighted by Crippen LogP contribution is 2.36. The number of carbonyl (C=O) groups is 1. The van der Waals surface area contributed by atoms with E-state index in [9.17, 15) is 4.79 Å². The Kier molecular flexibility index (Phi) is 2.79. The molecule has 0 aromatic carbocycles. The minimum absolute atomic E-state index is 0.301. The van der Waals surface area contributed by atoms with Crippen molar-refractivity contribution in [3.05, 3.63) is 11.8 Å². The summed E-state index contributed by atoms with van der Waals surface area (Å²) in [5.41, 5.74) is 1.29. The fourth-order valence-corrected chi connectivity index (χ4v) is 1.74. The van der Waals surface area contributed by atoms with Gasteiger partial charge in [-0.1, -0.05) is 13.8 Å². The van der Waals surface area contributed by atoms with E-state index in [2.05, 4.69) is 13.8 Å². The number of hydrogen-bond donors (Lipinski definition) is 0. The monoisotopic (exact) mass is 181 g/mol. The van der Waals surface area contributed by atoms with Crippen molar-refractivity contribution < 1.29 is 4.79 Å². The SMILES string of the molecule is CN(C)/C=C1\CC(C)(C)CCC1=O. The van der Waals surface area contributed by atoms with Gasteiger partial charge in [-0.2, -0.15) is 0 Å². The Hall–Kier alpha value is -0.790. The average Bonchev–Trinajstić information content (AvgIpc) is 1.95. The van der Waals surface area contributed by atoms with Crippen LogP contribution in [0.4, 0.5) is 0 Å². The van der Waals surface area contributed by atoms with Gasteiger partial charge in [0.1, 0.15) is 0 Å². The predicted octanol–water partition coefficient (Wildman–Crippen LogP) is 2.21. The standard InChI is InChI=1S/C11H19NO/c1-11(2)6-5-10(13)9(7-11)8-12(3)4/h8H,5-7H2,1-4H3/b9-8+. The second-order valence-electron chi connectivity index (χ2n) is 4.88. The summed E-state index contributed by atoms with van der Waals surface area (Å²) in [6.07, 6.45) is 4.62. The second-order valence-corrected chi connectivity index (χ2v) is 4.88. The van der Waals surface area contributed by atoms with E-state index in [1.165, 1.54) is 0 Å². The van der Waals surface area contributed by atoms with Gasteiger partial charge in [-0.3, -0.25) is 4.79 Å². The molecule has 1 aliphatic rings. The van der Waals surface area contributed by atoms with Crippen LogP contribution >= 0.6 is 0 Å². The summed E-state index contributed by atoms with van der Waals surface area (Å²) in [5, 5.41) is 0. The van der Waals surface area contributed by atoms with Crippen molar-refractivity contribution in [2.45, 2.75) is 33.1 Å². The maximum atomic E-state index is 11.5. The zero-order valence-electron chi connectivity index (χ0n) is 9.05. The molecule has 0 heterocycles. The number of carbonyl (C=O) groups excluding carboxylic acids is 1. The Balaban J connectivity index is 2.77. The number of rotatable bonds is 1. The van der Waals surface area contributed by atoms with Crippen LogP contribution in [0.3, 0.4) is 0 Å². The molecule has 0 aromatic heterocycles. The van der Waals surface area contributed by atoms with Crippen molar-refractivity contribution >= 4 is 5.78 Å². The predicted molar refractivity (Wildman–Crippen MR) is 54.4 cm³/mol. The molecule has 0 N–H and O–H groups in total. The highest BCUT2D eigenvalue weighted by atomic mass is 16.1. The zero-order chi connectivity index (χ0) is 10.1. The van der Waals surface area contributed by atoms with Crippen molar-refractivity contribution in [1.82, 2.24) is 4.90 Å². The van der Waals surface area contributed by atoms with Crippen LogP contribution in [0.25, 0.3) is 0 Å². The molecule has 0 amide bonds. The van der Waals surface area contributed by atoms with E-state index >= 15 is 0 Å². The van der Waals surface area contributed by atoms with E-state index in [0.717, 1.165) is 18.4 Å². The Bertz CT molecular complexity index is 238. The summed E-state index contributed by atoms with van der Waals surface area (Å²) in [5.74, 6) is 0.327. The minimum atomic E-state index is 0.301. The lowest BCUT2D eigenvalue weighted by Gasteiger charge is -2.30. The van der Waals surface area contributed by atoms with E-state index in [-0.39, 0.29) is 0 Å². The maximum Gasteiger partial charge on any atom is 0.160 e. The van der Waals surface area contributed by atoms with Crippen molar-refractivity contribution in [3.63, 3.8) is 0 Å². The van der Waals surface area contributed by atoms with E-state index in [0.29, 0.717) is 17.6 Å². The molecular formula is C11H19NO. The third-order valence-electron chi connectivity index (χ3n) is 2.47. The van der Waals surface area contributed by atoms with Gasteiger partial charge < -0.3 is 4.90 Å². The fourth-order valence-electron chi connectivity index (χ4n) is 1.74. The van der Waals surface area contributed by atoms with Crippen LogP contribution in [-0.4, -0.2) is 24.8 Å². The van der Waals surface area contributed by atoms with E-state index in [1.807, 2.05) is 25.2 Å². The molecule has 1 rings (SSSR count). The molecule has 0 saturated heterocycles. The Morgan fingerprint density at radius 3 is 2.54 bits per heavy atom. The van der Waals surface area contributed by atoms with Crippen LogP contribution < -0.4 is 0 Å². The lowest BCUT2D eigenvalue weighted by molar-refractivity contribution is -0.117. The number of allylic oxidation sites excluding steroid dienone is 1. The minimum Gasteiger partial charge on any atom is -0.383 e. The van der Waals surface area contributed by atoms with Crippen LogP contribution in [0, 0.1) is 5.41 Å². The van der Waals surface area contributed by atoms with E-state index in [4.69, 9.17) is 0 Å². The topological polar surface area (TPSA) is 20.3 Å². The van der Waals surface area contributed by atoms with Crippen LogP contribution in [0.5, 0.6) is 0 Å². The summed E-state index contributed by atoms with van der Waals surface area (Å²) in [4.78, 5) is 13.5. The molecule has 0 aromatic rings. The Morgan fingerprint density at radius 2 is 2.00 bits per heavy atom. The maximum absolute atomic E-state index is 11.5. The number of Topliss-reactive ketones (excluding diaryl/α,β-unsaturated/α-hetero) is 1. The number of hydrogen-bond acceptors (Lipinski definition) is 2. The summed E-state index contributed by atoms with van der Waals surface area (Å²) in [6.45, 7) is 4.45. The third kappa shape index (κ3) is 2.87. The zero-order valence-corrected chi connectivity index (χ0v) is 9.05. The molecule has 0 spiro atoms. The lowest BCUT2D eigenvalue weighted by atomic mass is 9.75. The van der Waals surface area contributed by atoms with Crippen LogP contribution in [-0.2, 0) is 4.79 Å². The van der Waals surface area contributed by atoms with Gasteiger partial charge in [-0.15, -0.1) is 0 Å². The molecule has 13 heavy (non-hydrogen) atoms. The summed E-state index contributed by atoms with van der Waals surface area (Å²) in [7, 11) is 3.92. The molecule has 2 nitrogen and oxygen atoms in total. The number of nitrogens with zero attached hydrogens (tertiary/aromatic N) is 1. The second kappa shape index (κ2) is 3.52. The van der Waals surface area contributed by atoms with E-state index < -0.39 is 0 Å². The molecule has 2 heteroatoms. The molecule has 1 saturated carbocycles. The lowest BCUT2D eigenvalue weighted by Crippen LogP contribution is -2.24. The van der Waals surface area contributed by atoms with Crippen molar-refractivity contribution in [1.29, 1.82) is 0 Å². The first-order valence-corrected chi connectivity index (χ1v) is 4.81. The fraction of sp³-hybridized carbons (Fsp3) is 0.727. The van der Waals surface area contributed by atoms with Gasteiger partial charge >= 0.3 is 0 Å². The van der Waals surface area contributed by atoms with Gasteiger partial charge in [-0.05, 0) is 18.3 Å². The third-order valence-corrected chi connectivity index (χ3v) is 2.47. The summed E-state index contributed by atoms with van der Waals surface area (Å²) in [6, 6.07) is 0. The molecule has 0 aliphatic heterocycles. The average molecular weight is 181 g/mol. The molecule has 74 valence electrons. The van der Waals surface area contributed by atoms with Gasteiger partial charge in [0.25, 0.3) is 0 Å². The van der Waals surface area contributed by atoms with Crippen molar-refractivity contribution in [2.75, 3.05) is 14.1 Å². The van der Waals surface area contributed by atoms with Crippen LogP contribution in [0.15, 0.2) is 11.8 Å². The van der Waals surface area contributed by atoms with Crippen LogP contribution in [0.2, 0.25) is 0 Å². The number of ketones is 1. The molecule has 0 unspecified atom stereocenters. The molecule has 0 bridgehead atoms. The molecule has 1 fully saturated rings. The molecule has 0 atom stereocenters. The Morgan fingerprint density at radius 1 is 1.38 bits per heavy atom. The van der Waals surface area contributed by atoms with Gasteiger partial charge in [0, 0.05) is 32.3 Å². The smallest absolute Gasteiger partial charge is 0.160 e. The molecular weight excluding hydrogens is 162 g/mol. The molecule has 0 radical (unpaired) electrons. The highest BCUT2D eigenvalue weighted by molar-refractivity contribution is 5.96. The first-order chi connectivity index (χ1) is 5.91. The summed E-state index contributed by atoms with van der Waals surface area (Å²) >= 11 is 0. The quantitative estimate of drug-likeness (QED) is 0.578. The highest BCUT2D eigenvalue weighted by Gasteiger charge is 2.29. The first kappa shape index (κ1) is 10.3. The van der Waals surface area contributed by atoms with Crippen LogP contribution in [0.1, 0.15) is 33.1 Å². The Labute approximate surface area is 80.6 Å². The van der Waals surface area contributed by atoms with Gasteiger partial charge in [-0.25, -0.2) is 0 Å².